The van der Waals surface area contributed by atoms with Crippen molar-refractivity contribution in [3.05, 3.63) is 52.4 Å². The highest BCUT2D eigenvalue weighted by atomic mass is 16.5. The third-order valence-corrected chi connectivity index (χ3v) is 6.49. The number of rotatable bonds is 3. The fourth-order valence-corrected chi connectivity index (χ4v) is 5.14. The minimum absolute atomic E-state index is 0.0533. The van der Waals surface area contributed by atoms with Crippen molar-refractivity contribution in [3.8, 4) is 5.75 Å². The molecule has 160 valence electrons. The molecule has 4 rings (SSSR count). The zero-order valence-corrected chi connectivity index (χ0v) is 18.1. The molecule has 1 fully saturated rings. The Morgan fingerprint density at radius 2 is 1.90 bits per heavy atom. The molecule has 1 aromatic carbocycles. The Morgan fingerprint density at radius 1 is 1.17 bits per heavy atom. The maximum Gasteiger partial charge on any atom is 0.337 e. The number of phenolic OH excluding ortho intramolecular Hbond substituents is 1. The Labute approximate surface area is 178 Å². The molecule has 0 aromatic heterocycles. The smallest absolute Gasteiger partial charge is 0.337 e. The minimum Gasteiger partial charge on any atom is -0.508 e. The standard InChI is InChI=1S/C25H31NO4/c1-15-21(24(29)30-18-10-5-4-6-11-18)22(16-8-7-9-17(27)12-16)23-19(26-15)13-25(2,3)14-20(23)28/h7-9,12,18,22,26-27H,4-6,10-11,13-14H2,1-3H3. The van der Waals surface area contributed by atoms with Gasteiger partial charge in [0.1, 0.15) is 11.9 Å². The summed E-state index contributed by atoms with van der Waals surface area (Å²) in [6.07, 6.45) is 6.24. The molecule has 2 aliphatic carbocycles. The highest BCUT2D eigenvalue weighted by molar-refractivity contribution is 6.04. The maximum absolute atomic E-state index is 13.3. The Kier molecular flexibility index (Phi) is 5.48. The highest BCUT2D eigenvalue weighted by Gasteiger charge is 2.43. The first-order chi connectivity index (χ1) is 14.2. The third-order valence-electron chi connectivity index (χ3n) is 6.49. The zero-order valence-electron chi connectivity index (χ0n) is 18.1. The van der Waals surface area contributed by atoms with Gasteiger partial charge in [-0.15, -0.1) is 0 Å². The number of carbonyl (C=O) groups is 2. The first kappa shape index (κ1) is 20.7. The Morgan fingerprint density at radius 3 is 2.60 bits per heavy atom. The van der Waals surface area contributed by atoms with Crippen molar-refractivity contribution in [2.24, 2.45) is 5.41 Å². The van der Waals surface area contributed by atoms with Crippen molar-refractivity contribution in [2.45, 2.75) is 77.7 Å². The Balaban J connectivity index is 1.76. The van der Waals surface area contributed by atoms with Crippen LogP contribution < -0.4 is 5.32 Å². The third kappa shape index (κ3) is 4.03. The molecule has 30 heavy (non-hydrogen) atoms. The number of hydrogen-bond acceptors (Lipinski definition) is 5. The predicted molar refractivity (Wildman–Crippen MR) is 115 cm³/mol. The molecule has 3 aliphatic rings. The van der Waals surface area contributed by atoms with E-state index in [2.05, 4.69) is 19.2 Å². The summed E-state index contributed by atoms with van der Waals surface area (Å²) in [5, 5.41) is 13.5. The van der Waals surface area contributed by atoms with Crippen molar-refractivity contribution in [2.75, 3.05) is 0 Å². The number of ether oxygens (including phenoxy) is 1. The highest BCUT2D eigenvalue weighted by Crippen LogP contribution is 2.47. The number of dihydropyridines is 1. The monoisotopic (exact) mass is 409 g/mol. The molecule has 5 nitrogen and oxygen atoms in total. The number of aromatic hydroxyl groups is 1. The number of nitrogens with one attached hydrogen (secondary N) is 1. The first-order valence-corrected chi connectivity index (χ1v) is 11.0. The van der Waals surface area contributed by atoms with Crippen LogP contribution in [0.4, 0.5) is 0 Å². The number of Topliss-reactive ketones (excluding diaryl/α,β-unsaturated/α-hetero) is 1. The number of esters is 1. The van der Waals surface area contributed by atoms with Crippen LogP contribution in [0.3, 0.4) is 0 Å². The topological polar surface area (TPSA) is 75.6 Å². The van der Waals surface area contributed by atoms with E-state index in [1.54, 1.807) is 18.2 Å². The number of benzene rings is 1. The van der Waals surface area contributed by atoms with Crippen LogP contribution >= 0.6 is 0 Å². The van der Waals surface area contributed by atoms with Gasteiger partial charge < -0.3 is 15.2 Å². The molecule has 2 N–H and O–H groups in total. The molecule has 1 aromatic rings. The van der Waals surface area contributed by atoms with Crippen LogP contribution in [0.1, 0.15) is 77.2 Å². The van der Waals surface area contributed by atoms with E-state index >= 15 is 0 Å². The average molecular weight is 410 g/mol. The Bertz CT molecular complexity index is 934. The van der Waals surface area contributed by atoms with Gasteiger partial charge in [-0.25, -0.2) is 4.79 Å². The van der Waals surface area contributed by atoms with E-state index < -0.39 is 5.92 Å². The number of phenols is 1. The van der Waals surface area contributed by atoms with Crippen molar-refractivity contribution in [1.82, 2.24) is 5.32 Å². The van der Waals surface area contributed by atoms with Gasteiger partial charge in [-0.1, -0.05) is 32.4 Å². The lowest BCUT2D eigenvalue weighted by molar-refractivity contribution is -0.146. The summed E-state index contributed by atoms with van der Waals surface area (Å²) in [6, 6.07) is 6.87. The van der Waals surface area contributed by atoms with Gasteiger partial charge in [0.2, 0.25) is 0 Å². The van der Waals surface area contributed by atoms with E-state index in [1.165, 1.54) is 6.42 Å². The second-order valence-electron chi connectivity index (χ2n) is 9.69. The molecule has 1 saturated carbocycles. The van der Waals surface area contributed by atoms with E-state index in [-0.39, 0.29) is 29.0 Å². The number of carbonyl (C=O) groups excluding carboxylic acids is 2. The fraction of sp³-hybridized carbons (Fsp3) is 0.520. The largest absolute Gasteiger partial charge is 0.508 e. The summed E-state index contributed by atoms with van der Waals surface area (Å²) in [6.45, 7) is 6.06. The summed E-state index contributed by atoms with van der Waals surface area (Å²) in [5.74, 6) is -0.704. The van der Waals surface area contributed by atoms with Gasteiger partial charge >= 0.3 is 5.97 Å². The van der Waals surface area contributed by atoms with Gasteiger partial charge in [0.25, 0.3) is 0 Å². The fourth-order valence-electron chi connectivity index (χ4n) is 5.14. The quantitative estimate of drug-likeness (QED) is 0.697. The Hall–Kier alpha value is -2.56. The van der Waals surface area contributed by atoms with E-state index in [0.717, 1.165) is 49.1 Å². The maximum atomic E-state index is 13.3. The van der Waals surface area contributed by atoms with Gasteiger partial charge in [-0.3, -0.25) is 4.79 Å². The van der Waals surface area contributed by atoms with Crippen molar-refractivity contribution in [3.63, 3.8) is 0 Å². The van der Waals surface area contributed by atoms with Crippen LogP contribution in [-0.4, -0.2) is 23.0 Å². The summed E-state index contributed by atoms with van der Waals surface area (Å²) < 4.78 is 5.91. The van der Waals surface area contributed by atoms with Crippen LogP contribution in [-0.2, 0) is 14.3 Å². The molecule has 5 heteroatoms. The molecule has 1 aliphatic heterocycles. The molecule has 0 amide bonds. The molecule has 0 bridgehead atoms. The molecular formula is C25H31NO4. The van der Waals surface area contributed by atoms with Crippen molar-refractivity contribution < 1.29 is 19.4 Å². The average Bonchev–Trinajstić information content (AvgIpc) is 2.66. The summed E-state index contributed by atoms with van der Waals surface area (Å²) in [7, 11) is 0. The molecule has 1 atom stereocenters. The number of ketones is 1. The van der Waals surface area contributed by atoms with Crippen molar-refractivity contribution >= 4 is 11.8 Å². The summed E-state index contributed by atoms with van der Waals surface area (Å²) >= 11 is 0. The lowest BCUT2D eigenvalue weighted by atomic mass is 9.68. The molecule has 1 heterocycles. The summed E-state index contributed by atoms with van der Waals surface area (Å²) in [5.41, 5.74) is 3.35. The predicted octanol–water partition coefficient (Wildman–Crippen LogP) is 4.87. The van der Waals surface area contributed by atoms with E-state index in [1.807, 2.05) is 13.0 Å². The van der Waals surface area contributed by atoms with Crippen LogP contribution in [0.2, 0.25) is 0 Å². The van der Waals surface area contributed by atoms with Gasteiger partial charge in [-0.05, 0) is 62.1 Å². The minimum atomic E-state index is -0.520. The normalized spacial score (nSPS) is 24.4. The lowest BCUT2D eigenvalue weighted by Gasteiger charge is -2.39. The SMILES string of the molecule is CC1=C(C(=O)OC2CCCCC2)C(c2cccc(O)c2)C2=C(CC(C)(C)CC2=O)N1. The molecule has 0 radical (unpaired) electrons. The second-order valence-corrected chi connectivity index (χ2v) is 9.69. The van der Waals surface area contributed by atoms with Crippen LogP contribution in [0, 0.1) is 5.41 Å². The van der Waals surface area contributed by atoms with Crippen LogP contribution in [0.5, 0.6) is 5.75 Å². The number of allylic oxidation sites excluding steroid dienone is 3. The zero-order chi connectivity index (χ0) is 21.5. The molecule has 0 saturated heterocycles. The van der Waals surface area contributed by atoms with Gasteiger partial charge in [0.15, 0.2) is 5.78 Å². The molecular weight excluding hydrogens is 378 g/mol. The van der Waals surface area contributed by atoms with Gasteiger partial charge in [-0.2, -0.15) is 0 Å². The van der Waals surface area contributed by atoms with Gasteiger partial charge in [0.05, 0.1) is 5.57 Å². The molecule has 0 spiro atoms. The van der Waals surface area contributed by atoms with Crippen LogP contribution in [0.25, 0.3) is 0 Å². The molecule has 1 unspecified atom stereocenters. The van der Waals surface area contributed by atoms with E-state index in [9.17, 15) is 14.7 Å². The van der Waals surface area contributed by atoms with E-state index in [0.29, 0.717) is 17.6 Å². The summed E-state index contributed by atoms with van der Waals surface area (Å²) in [4.78, 5) is 26.6. The lowest BCUT2D eigenvalue weighted by Crippen LogP contribution is -2.39. The van der Waals surface area contributed by atoms with Crippen LogP contribution in [0.15, 0.2) is 46.8 Å². The van der Waals surface area contributed by atoms with Crippen molar-refractivity contribution in [1.29, 1.82) is 0 Å². The number of hydrogen-bond donors (Lipinski definition) is 2. The van der Waals surface area contributed by atoms with Gasteiger partial charge in [0, 0.05) is 29.3 Å². The van der Waals surface area contributed by atoms with E-state index in [4.69, 9.17) is 4.74 Å². The second kappa shape index (κ2) is 7.93. The first-order valence-electron chi connectivity index (χ1n) is 11.0.